The predicted octanol–water partition coefficient (Wildman–Crippen LogP) is 2.57. The van der Waals surface area contributed by atoms with Gasteiger partial charge in [0.05, 0.1) is 0 Å². The third kappa shape index (κ3) is 4.33. The van der Waals surface area contributed by atoms with Gasteiger partial charge >= 0.3 is 0 Å². The minimum absolute atomic E-state index is 0.105. The highest BCUT2D eigenvalue weighted by Gasteiger charge is 2.41. The molecule has 2 aliphatic heterocycles. The number of hydrogen-bond donors (Lipinski definition) is 2. The fraction of sp³-hybridized carbons (Fsp3) is 0.625. The number of piperidine rings is 1. The van der Waals surface area contributed by atoms with Gasteiger partial charge in [0.2, 0.25) is 11.8 Å². The Kier molecular flexibility index (Phi) is 6.60. The van der Waals surface area contributed by atoms with Crippen LogP contribution in [0.2, 0.25) is 0 Å². The van der Waals surface area contributed by atoms with Crippen LogP contribution in [-0.2, 0) is 16.1 Å². The van der Waals surface area contributed by atoms with Gasteiger partial charge < -0.3 is 15.5 Å². The Bertz CT molecular complexity index is 855. The second kappa shape index (κ2) is 9.39. The Hall–Kier alpha value is -2.41. The number of fused-ring (bicyclic) bond motifs is 1. The molecule has 1 aromatic rings. The van der Waals surface area contributed by atoms with E-state index in [0.29, 0.717) is 30.5 Å². The first kappa shape index (κ1) is 21.8. The summed E-state index contributed by atoms with van der Waals surface area (Å²) in [5.74, 6) is -0.160. The molecule has 2 fully saturated rings. The van der Waals surface area contributed by atoms with Crippen LogP contribution in [0.4, 0.5) is 5.69 Å². The average Bonchev–Trinajstić information content (AvgIpc) is 3.36. The van der Waals surface area contributed by atoms with Crippen molar-refractivity contribution in [3.8, 4) is 0 Å². The Labute approximate surface area is 184 Å². The molecule has 3 atom stereocenters. The summed E-state index contributed by atoms with van der Waals surface area (Å²) in [6, 6.07) is 5.82. The first-order chi connectivity index (χ1) is 15.0. The standard InChI is InChI=1S/C24H34N4O3/c1-2-3-4-12-27(17-9-8-16(13-17)14-25)20-7-5-6-18-19(20)15-28(24(18)31)21-10-11-22(29)26-23(21)30/h5-7,16-17,21H,2-4,8-15,25H2,1H3,(H,26,29,30)/t16-,17-,21?/m1/s1. The highest BCUT2D eigenvalue weighted by Crippen LogP contribution is 2.38. The molecule has 1 unspecified atom stereocenters. The summed E-state index contributed by atoms with van der Waals surface area (Å²) in [6.07, 6.45) is 7.50. The number of amides is 3. The monoisotopic (exact) mass is 426 g/mol. The summed E-state index contributed by atoms with van der Waals surface area (Å²) in [7, 11) is 0. The molecule has 0 aromatic heterocycles. The molecular formula is C24H34N4O3. The molecule has 3 amide bonds. The molecule has 1 aromatic carbocycles. The molecule has 7 heteroatoms. The number of anilines is 1. The normalized spacial score (nSPS) is 25.7. The van der Waals surface area contributed by atoms with Gasteiger partial charge in [0, 0.05) is 42.4 Å². The molecule has 4 rings (SSSR count). The number of nitrogens with two attached hydrogens (primary N) is 1. The van der Waals surface area contributed by atoms with Crippen LogP contribution in [0.1, 0.15) is 74.2 Å². The van der Waals surface area contributed by atoms with Crippen LogP contribution >= 0.6 is 0 Å². The lowest BCUT2D eigenvalue weighted by Gasteiger charge is -2.33. The van der Waals surface area contributed by atoms with E-state index in [1.54, 1.807) is 4.90 Å². The van der Waals surface area contributed by atoms with Crippen molar-refractivity contribution in [1.29, 1.82) is 0 Å². The second-order valence-electron chi connectivity index (χ2n) is 9.17. The number of imide groups is 1. The molecule has 1 saturated carbocycles. The zero-order valence-corrected chi connectivity index (χ0v) is 18.4. The van der Waals surface area contributed by atoms with Crippen molar-refractivity contribution < 1.29 is 14.4 Å². The lowest BCUT2D eigenvalue weighted by Crippen LogP contribution is -2.52. The molecule has 31 heavy (non-hydrogen) atoms. The van der Waals surface area contributed by atoms with Crippen molar-refractivity contribution in [2.24, 2.45) is 11.7 Å². The van der Waals surface area contributed by atoms with Crippen LogP contribution in [0.25, 0.3) is 0 Å². The number of nitrogens with one attached hydrogen (secondary N) is 1. The third-order valence-corrected chi connectivity index (χ3v) is 7.16. The Morgan fingerprint density at radius 3 is 2.71 bits per heavy atom. The summed E-state index contributed by atoms with van der Waals surface area (Å²) in [5.41, 5.74) is 8.79. The van der Waals surface area contributed by atoms with E-state index in [9.17, 15) is 14.4 Å². The van der Waals surface area contributed by atoms with Gasteiger partial charge in [0.1, 0.15) is 6.04 Å². The van der Waals surface area contributed by atoms with Gasteiger partial charge in [-0.05, 0) is 56.7 Å². The number of rotatable bonds is 8. The average molecular weight is 427 g/mol. The van der Waals surface area contributed by atoms with Gasteiger partial charge in [0.25, 0.3) is 5.91 Å². The number of nitrogens with zero attached hydrogens (tertiary/aromatic N) is 2. The van der Waals surface area contributed by atoms with Crippen molar-refractivity contribution >= 4 is 23.4 Å². The smallest absolute Gasteiger partial charge is 0.255 e. The maximum absolute atomic E-state index is 13.2. The Balaban J connectivity index is 1.60. The molecule has 2 heterocycles. The lowest BCUT2D eigenvalue weighted by molar-refractivity contribution is -0.136. The van der Waals surface area contributed by atoms with Crippen molar-refractivity contribution in [2.45, 2.75) is 76.9 Å². The summed E-state index contributed by atoms with van der Waals surface area (Å²) in [6.45, 7) is 4.34. The third-order valence-electron chi connectivity index (χ3n) is 7.16. The van der Waals surface area contributed by atoms with E-state index in [0.717, 1.165) is 50.0 Å². The van der Waals surface area contributed by atoms with Gasteiger partial charge in [-0.25, -0.2) is 0 Å². The maximum atomic E-state index is 13.2. The zero-order valence-electron chi connectivity index (χ0n) is 18.4. The largest absolute Gasteiger partial charge is 0.368 e. The second-order valence-corrected chi connectivity index (χ2v) is 9.17. The summed E-state index contributed by atoms with van der Waals surface area (Å²) in [5, 5.41) is 2.39. The van der Waals surface area contributed by atoms with Gasteiger partial charge in [-0.15, -0.1) is 0 Å². The molecule has 168 valence electrons. The number of carbonyl (C=O) groups excluding carboxylic acids is 3. The van der Waals surface area contributed by atoms with Crippen LogP contribution in [0, 0.1) is 5.92 Å². The molecule has 0 radical (unpaired) electrons. The SMILES string of the molecule is CCCCCN(c1cccc2c1CN(C1CCC(=O)NC1=O)C2=O)[C@@H]1CC[C@@H](CN)C1. The van der Waals surface area contributed by atoms with Crippen molar-refractivity contribution in [3.05, 3.63) is 29.3 Å². The first-order valence-electron chi connectivity index (χ1n) is 11.8. The summed E-state index contributed by atoms with van der Waals surface area (Å²) < 4.78 is 0. The first-order valence-corrected chi connectivity index (χ1v) is 11.8. The van der Waals surface area contributed by atoms with E-state index < -0.39 is 6.04 Å². The quantitative estimate of drug-likeness (QED) is 0.492. The van der Waals surface area contributed by atoms with Crippen LogP contribution < -0.4 is 16.0 Å². The topological polar surface area (TPSA) is 95.7 Å². The van der Waals surface area contributed by atoms with Crippen molar-refractivity contribution in [1.82, 2.24) is 10.2 Å². The fourth-order valence-corrected chi connectivity index (χ4v) is 5.42. The van der Waals surface area contributed by atoms with Crippen molar-refractivity contribution in [3.63, 3.8) is 0 Å². The predicted molar refractivity (Wildman–Crippen MR) is 120 cm³/mol. The molecule has 1 aliphatic carbocycles. The molecule has 0 spiro atoms. The number of carbonyl (C=O) groups is 3. The minimum Gasteiger partial charge on any atom is -0.368 e. The highest BCUT2D eigenvalue weighted by atomic mass is 16.2. The molecular weight excluding hydrogens is 392 g/mol. The van der Waals surface area contributed by atoms with E-state index in [1.807, 2.05) is 12.1 Å². The van der Waals surface area contributed by atoms with Crippen LogP contribution in [0.3, 0.4) is 0 Å². The molecule has 3 N–H and O–H groups in total. The number of hydrogen-bond acceptors (Lipinski definition) is 5. The van der Waals surface area contributed by atoms with E-state index in [-0.39, 0.29) is 24.1 Å². The van der Waals surface area contributed by atoms with Crippen LogP contribution in [0.5, 0.6) is 0 Å². The van der Waals surface area contributed by atoms with E-state index in [4.69, 9.17) is 5.73 Å². The van der Waals surface area contributed by atoms with Crippen LogP contribution in [-0.4, -0.2) is 47.8 Å². The molecule has 3 aliphatic rings. The Morgan fingerprint density at radius 2 is 2.00 bits per heavy atom. The number of unbranched alkanes of at least 4 members (excludes halogenated alkanes) is 2. The van der Waals surface area contributed by atoms with E-state index in [2.05, 4.69) is 23.2 Å². The molecule has 7 nitrogen and oxygen atoms in total. The maximum Gasteiger partial charge on any atom is 0.255 e. The molecule has 0 bridgehead atoms. The number of benzene rings is 1. The van der Waals surface area contributed by atoms with Gasteiger partial charge in [-0.3, -0.25) is 19.7 Å². The minimum atomic E-state index is -0.577. The van der Waals surface area contributed by atoms with Gasteiger partial charge in [-0.1, -0.05) is 25.8 Å². The zero-order chi connectivity index (χ0) is 22.0. The summed E-state index contributed by atoms with van der Waals surface area (Å²) in [4.78, 5) is 41.3. The van der Waals surface area contributed by atoms with Crippen molar-refractivity contribution in [2.75, 3.05) is 18.0 Å². The molecule has 1 saturated heterocycles. The van der Waals surface area contributed by atoms with E-state index >= 15 is 0 Å². The van der Waals surface area contributed by atoms with Gasteiger partial charge in [-0.2, -0.15) is 0 Å². The highest BCUT2D eigenvalue weighted by molar-refractivity contribution is 6.06. The Morgan fingerprint density at radius 1 is 1.16 bits per heavy atom. The van der Waals surface area contributed by atoms with Gasteiger partial charge in [0.15, 0.2) is 0 Å². The van der Waals surface area contributed by atoms with E-state index in [1.165, 1.54) is 12.8 Å². The van der Waals surface area contributed by atoms with Crippen LogP contribution in [0.15, 0.2) is 18.2 Å². The fourth-order valence-electron chi connectivity index (χ4n) is 5.42. The lowest BCUT2D eigenvalue weighted by atomic mass is 10.0. The summed E-state index contributed by atoms with van der Waals surface area (Å²) >= 11 is 0.